The van der Waals surface area contributed by atoms with E-state index in [1.165, 1.54) is 6.33 Å². The van der Waals surface area contributed by atoms with Gasteiger partial charge in [-0.25, -0.2) is 9.97 Å². The number of aliphatic hydroxyl groups is 2. The highest BCUT2D eigenvalue weighted by Crippen LogP contribution is 2.37. The fraction of sp³-hybridized carbons (Fsp3) is 0.500. The summed E-state index contributed by atoms with van der Waals surface area (Å²) in [6, 6.07) is 1.81. The zero-order valence-corrected chi connectivity index (χ0v) is 10.5. The van der Waals surface area contributed by atoms with Gasteiger partial charge in [-0.05, 0) is 24.8 Å². The molecule has 96 valence electrons. The highest BCUT2D eigenvalue weighted by atomic mass is 35.5. The van der Waals surface area contributed by atoms with E-state index >= 15 is 0 Å². The maximum atomic E-state index is 10.1. The van der Waals surface area contributed by atoms with Crippen molar-refractivity contribution in [2.24, 2.45) is 5.92 Å². The Morgan fingerprint density at radius 2 is 2.22 bits per heavy atom. The largest absolute Gasteiger partial charge is 0.396 e. The molecule has 0 radical (unpaired) electrons. The molecule has 0 amide bonds. The Morgan fingerprint density at radius 1 is 1.39 bits per heavy atom. The molecule has 0 aromatic carbocycles. The average molecular weight is 268 g/mol. The van der Waals surface area contributed by atoms with E-state index in [9.17, 15) is 10.2 Å². The Kier molecular flexibility index (Phi) is 2.97. The molecule has 2 aromatic heterocycles. The van der Waals surface area contributed by atoms with Crippen molar-refractivity contribution in [3.63, 3.8) is 0 Å². The van der Waals surface area contributed by atoms with Gasteiger partial charge >= 0.3 is 0 Å². The molecule has 0 saturated heterocycles. The zero-order chi connectivity index (χ0) is 12.7. The van der Waals surface area contributed by atoms with E-state index in [1.54, 1.807) is 0 Å². The molecule has 0 unspecified atom stereocenters. The summed E-state index contributed by atoms with van der Waals surface area (Å²) in [5, 5.41) is 20.5. The van der Waals surface area contributed by atoms with E-state index in [-0.39, 0.29) is 18.6 Å². The van der Waals surface area contributed by atoms with E-state index in [2.05, 4.69) is 9.97 Å². The second-order valence-electron chi connectivity index (χ2n) is 4.78. The number of hydrogen-bond acceptors (Lipinski definition) is 4. The normalized spacial score (nSPS) is 28.1. The first kappa shape index (κ1) is 11.9. The monoisotopic (exact) mass is 267 g/mol. The summed E-state index contributed by atoms with van der Waals surface area (Å²) in [6.07, 6.45) is 4.22. The summed E-state index contributed by atoms with van der Waals surface area (Å²) in [5.41, 5.74) is 0.734. The number of nitrogens with zero attached hydrogens (tertiary/aromatic N) is 3. The van der Waals surface area contributed by atoms with Gasteiger partial charge in [-0.1, -0.05) is 11.6 Å². The van der Waals surface area contributed by atoms with Gasteiger partial charge in [-0.3, -0.25) is 0 Å². The summed E-state index contributed by atoms with van der Waals surface area (Å²) in [7, 11) is 0. The maximum Gasteiger partial charge on any atom is 0.145 e. The molecule has 5 nitrogen and oxygen atoms in total. The van der Waals surface area contributed by atoms with Gasteiger partial charge in [0.15, 0.2) is 0 Å². The van der Waals surface area contributed by atoms with Crippen LogP contribution in [-0.2, 0) is 0 Å². The summed E-state index contributed by atoms with van der Waals surface area (Å²) < 4.78 is 1.93. The molecular formula is C12H14ClN3O2. The molecule has 1 saturated carbocycles. The van der Waals surface area contributed by atoms with Gasteiger partial charge in [0, 0.05) is 12.8 Å². The molecule has 0 bridgehead atoms. The van der Waals surface area contributed by atoms with Gasteiger partial charge in [-0.15, -0.1) is 0 Å². The van der Waals surface area contributed by atoms with Crippen LogP contribution >= 0.6 is 11.6 Å². The first-order valence-electron chi connectivity index (χ1n) is 5.96. The van der Waals surface area contributed by atoms with E-state index in [0.717, 1.165) is 17.5 Å². The first-order chi connectivity index (χ1) is 8.70. The van der Waals surface area contributed by atoms with Crippen molar-refractivity contribution < 1.29 is 10.2 Å². The molecule has 2 N–H and O–H groups in total. The second-order valence-corrected chi connectivity index (χ2v) is 5.14. The fourth-order valence-electron chi connectivity index (χ4n) is 2.75. The average Bonchev–Trinajstić information content (AvgIpc) is 2.93. The highest BCUT2D eigenvalue weighted by molar-refractivity contribution is 6.33. The number of hydrogen-bond donors (Lipinski definition) is 2. The van der Waals surface area contributed by atoms with Crippen LogP contribution in [0.3, 0.4) is 0 Å². The lowest BCUT2D eigenvalue weighted by atomic mass is 10.1. The number of rotatable bonds is 2. The van der Waals surface area contributed by atoms with Crippen molar-refractivity contribution in [2.75, 3.05) is 6.61 Å². The summed E-state index contributed by atoms with van der Waals surface area (Å²) in [6.45, 7) is 0.114. The van der Waals surface area contributed by atoms with E-state index in [4.69, 9.17) is 11.6 Å². The van der Waals surface area contributed by atoms with Gasteiger partial charge < -0.3 is 14.8 Å². The number of halogens is 1. The lowest BCUT2D eigenvalue weighted by Crippen LogP contribution is -2.17. The van der Waals surface area contributed by atoms with E-state index < -0.39 is 6.10 Å². The number of fused-ring (bicyclic) bond motifs is 1. The lowest BCUT2D eigenvalue weighted by molar-refractivity contribution is 0.132. The molecule has 6 heteroatoms. The number of aliphatic hydroxyl groups excluding tert-OH is 2. The van der Waals surface area contributed by atoms with Crippen molar-refractivity contribution in [3.05, 3.63) is 23.7 Å². The molecule has 0 aliphatic heterocycles. The smallest absolute Gasteiger partial charge is 0.145 e. The Hall–Kier alpha value is -1.17. The van der Waals surface area contributed by atoms with Crippen LogP contribution in [0.1, 0.15) is 18.9 Å². The van der Waals surface area contributed by atoms with Crippen LogP contribution in [0.4, 0.5) is 0 Å². The van der Waals surface area contributed by atoms with Crippen LogP contribution in [0, 0.1) is 5.92 Å². The molecule has 1 aliphatic carbocycles. The predicted octanol–water partition coefficient (Wildman–Crippen LogP) is 1.39. The predicted molar refractivity (Wildman–Crippen MR) is 67.4 cm³/mol. The molecule has 3 atom stereocenters. The first-order valence-corrected chi connectivity index (χ1v) is 6.34. The lowest BCUT2D eigenvalue weighted by Gasteiger charge is -2.17. The van der Waals surface area contributed by atoms with Crippen molar-refractivity contribution in [2.45, 2.75) is 25.0 Å². The van der Waals surface area contributed by atoms with Gasteiger partial charge in [0.1, 0.15) is 17.1 Å². The Labute approximate surface area is 109 Å². The van der Waals surface area contributed by atoms with Gasteiger partial charge in [0.25, 0.3) is 0 Å². The van der Waals surface area contributed by atoms with Gasteiger partial charge in [-0.2, -0.15) is 0 Å². The van der Waals surface area contributed by atoms with E-state index in [0.29, 0.717) is 11.6 Å². The SMILES string of the molecule is OC[C@@H]1C[C@@H](O)[C@H](n2ccc3c(Cl)ncnc32)C1. The van der Waals surface area contributed by atoms with Gasteiger partial charge in [0.2, 0.25) is 0 Å². The molecule has 2 heterocycles. The summed E-state index contributed by atoms with van der Waals surface area (Å²) >= 11 is 6.00. The third kappa shape index (κ3) is 1.79. The molecule has 2 aromatic rings. The van der Waals surface area contributed by atoms with Crippen molar-refractivity contribution in [1.29, 1.82) is 0 Å². The summed E-state index contributed by atoms with van der Waals surface area (Å²) in [5.74, 6) is 0.153. The van der Waals surface area contributed by atoms with Crippen LogP contribution < -0.4 is 0 Å². The quantitative estimate of drug-likeness (QED) is 0.807. The van der Waals surface area contributed by atoms with Crippen molar-refractivity contribution in [3.8, 4) is 0 Å². The second kappa shape index (κ2) is 4.50. The van der Waals surface area contributed by atoms with Crippen molar-refractivity contribution >= 4 is 22.6 Å². The minimum absolute atomic E-state index is 0.0504. The Balaban J connectivity index is 2.02. The Morgan fingerprint density at radius 3 is 2.94 bits per heavy atom. The number of aromatic nitrogens is 3. The minimum atomic E-state index is -0.452. The third-order valence-electron chi connectivity index (χ3n) is 3.67. The third-order valence-corrected chi connectivity index (χ3v) is 3.97. The standard InChI is InChI=1S/C12H14ClN3O2/c13-11-8-1-2-16(12(8)15-6-14-11)9-3-7(5-17)4-10(9)18/h1-2,6-7,9-10,17-18H,3-5H2/t7-,9+,10+/m0/s1. The van der Waals surface area contributed by atoms with Crippen molar-refractivity contribution in [1.82, 2.24) is 14.5 Å². The van der Waals surface area contributed by atoms with Gasteiger partial charge in [0.05, 0.1) is 17.5 Å². The molecule has 0 spiro atoms. The molecule has 18 heavy (non-hydrogen) atoms. The van der Waals surface area contributed by atoms with E-state index in [1.807, 2.05) is 16.8 Å². The van der Waals surface area contributed by atoms with Crippen LogP contribution in [0.15, 0.2) is 18.6 Å². The maximum absolute atomic E-state index is 10.1. The molecule has 1 fully saturated rings. The topological polar surface area (TPSA) is 71.2 Å². The van der Waals surface area contributed by atoms with Crippen LogP contribution in [0.25, 0.3) is 11.0 Å². The molecule has 3 rings (SSSR count). The van der Waals surface area contributed by atoms with Crippen LogP contribution in [-0.4, -0.2) is 37.5 Å². The zero-order valence-electron chi connectivity index (χ0n) is 9.70. The highest BCUT2D eigenvalue weighted by Gasteiger charge is 2.34. The molecule has 1 aliphatic rings. The summed E-state index contributed by atoms with van der Waals surface area (Å²) in [4.78, 5) is 8.16. The van der Waals surface area contributed by atoms with Crippen LogP contribution in [0.5, 0.6) is 0 Å². The van der Waals surface area contributed by atoms with Crippen LogP contribution in [0.2, 0.25) is 5.15 Å². The minimum Gasteiger partial charge on any atom is -0.396 e. The molecular weight excluding hydrogens is 254 g/mol. The fourth-order valence-corrected chi connectivity index (χ4v) is 2.94. The Bertz CT molecular complexity index is 571.